The smallest absolute Gasteiger partial charge is 0.270 e. The van der Waals surface area contributed by atoms with Gasteiger partial charge in [0, 0.05) is 16.3 Å². The van der Waals surface area contributed by atoms with Crippen LogP contribution in [0.1, 0.15) is 34.2 Å². The maximum Gasteiger partial charge on any atom is 0.270 e. The van der Waals surface area contributed by atoms with Crippen LogP contribution in [0.15, 0.2) is 66.9 Å². The lowest BCUT2D eigenvalue weighted by Crippen LogP contribution is -2.25. The van der Waals surface area contributed by atoms with Gasteiger partial charge >= 0.3 is 0 Å². The van der Waals surface area contributed by atoms with Crippen LogP contribution in [0.2, 0.25) is 0 Å². The molecule has 29 heavy (non-hydrogen) atoms. The van der Waals surface area contributed by atoms with Crippen molar-refractivity contribution in [3.63, 3.8) is 0 Å². The minimum absolute atomic E-state index is 0.0986. The fourth-order valence-electron chi connectivity index (χ4n) is 3.52. The van der Waals surface area contributed by atoms with Gasteiger partial charge in [-0.3, -0.25) is 9.20 Å². The Bertz CT molecular complexity index is 1180. The molecule has 2 heterocycles. The van der Waals surface area contributed by atoms with Crippen molar-refractivity contribution in [1.82, 2.24) is 14.7 Å². The van der Waals surface area contributed by atoms with Gasteiger partial charge in [0.2, 0.25) is 0 Å². The number of nitrogens with one attached hydrogen (secondary N) is 1. The zero-order chi connectivity index (χ0) is 20.4. The second-order valence-corrected chi connectivity index (χ2v) is 8.27. The predicted octanol–water partition coefficient (Wildman–Crippen LogP) is 5.41. The lowest BCUT2D eigenvalue weighted by Gasteiger charge is -2.09. The molecule has 0 aliphatic carbocycles. The van der Waals surface area contributed by atoms with Crippen LogP contribution in [0.25, 0.3) is 16.8 Å². The largest absolute Gasteiger partial charge is 0.347 e. The minimum atomic E-state index is -0.0986. The molecule has 0 saturated carbocycles. The van der Waals surface area contributed by atoms with E-state index >= 15 is 0 Å². The second-order valence-electron chi connectivity index (χ2n) is 7.03. The number of aromatic nitrogens is 2. The summed E-state index contributed by atoms with van der Waals surface area (Å²) in [6.07, 6.45) is 2.63. The molecule has 0 bridgehead atoms. The summed E-state index contributed by atoms with van der Waals surface area (Å²) in [4.78, 5) is 17.5. The van der Waals surface area contributed by atoms with E-state index in [1.807, 2.05) is 35.7 Å². The summed E-state index contributed by atoms with van der Waals surface area (Å²) < 4.78 is 2.97. The van der Waals surface area contributed by atoms with Gasteiger partial charge in [-0.05, 0) is 70.3 Å². The van der Waals surface area contributed by atoms with E-state index < -0.39 is 0 Å². The minimum Gasteiger partial charge on any atom is -0.347 e. The Morgan fingerprint density at radius 2 is 1.86 bits per heavy atom. The van der Waals surface area contributed by atoms with Gasteiger partial charge in [0.05, 0.1) is 5.69 Å². The molecule has 2 aromatic carbocycles. The number of nitrogens with zero attached hydrogens (tertiary/aromatic N) is 2. The summed E-state index contributed by atoms with van der Waals surface area (Å²) in [6.45, 7) is 4.62. The monoisotopic (exact) mass is 495 g/mol. The topological polar surface area (TPSA) is 46.4 Å². The van der Waals surface area contributed by atoms with Gasteiger partial charge in [-0.1, -0.05) is 55.5 Å². The van der Waals surface area contributed by atoms with Crippen molar-refractivity contribution in [2.24, 2.45) is 0 Å². The van der Waals surface area contributed by atoms with Gasteiger partial charge < -0.3 is 5.32 Å². The van der Waals surface area contributed by atoms with Crippen molar-refractivity contribution >= 4 is 34.1 Å². The van der Waals surface area contributed by atoms with Crippen molar-refractivity contribution < 1.29 is 4.79 Å². The highest BCUT2D eigenvalue weighted by Crippen LogP contribution is 2.23. The summed E-state index contributed by atoms with van der Waals surface area (Å²) >= 11 is 2.26. The number of hydrogen-bond acceptors (Lipinski definition) is 2. The number of halogens is 1. The second kappa shape index (κ2) is 8.37. The molecule has 5 heteroatoms. The molecule has 0 spiro atoms. The van der Waals surface area contributed by atoms with Gasteiger partial charge in [0.25, 0.3) is 5.91 Å². The highest BCUT2D eigenvalue weighted by molar-refractivity contribution is 14.1. The summed E-state index contributed by atoms with van der Waals surface area (Å²) in [5.74, 6) is -0.0986. The van der Waals surface area contributed by atoms with Crippen LogP contribution < -0.4 is 5.32 Å². The third kappa shape index (κ3) is 4.05. The SMILES string of the molecule is CCc1nc2cc(I)ccn2c1C(=O)NCc1ccc(-c2ccccc2C)cc1. The number of carbonyl (C=O) groups is 1. The third-order valence-electron chi connectivity index (χ3n) is 5.07. The van der Waals surface area contributed by atoms with Crippen molar-refractivity contribution in [2.45, 2.75) is 26.8 Å². The predicted molar refractivity (Wildman–Crippen MR) is 125 cm³/mol. The third-order valence-corrected chi connectivity index (χ3v) is 5.74. The first kappa shape index (κ1) is 19.6. The first-order chi connectivity index (χ1) is 14.1. The number of carbonyl (C=O) groups excluding carboxylic acids is 1. The summed E-state index contributed by atoms with van der Waals surface area (Å²) in [5, 5.41) is 3.05. The Labute approximate surface area is 184 Å². The Balaban J connectivity index is 1.52. The van der Waals surface area contributed by atoms with Crippen molar-refractivity contribution in [1.29, 1.82) is 0 Å². The molecule has 0 unspecified atom stereocenters. The maximum atomic E-state index is 12.9. The van der Waals surface area contributed by atoms with Gasteiger partial charge in [-0.25, -0.2) is 4.98 Å². The van der Waals surface area contributed by atoms with Gasteiger partial charge in [0.1, 0.15) is 11.3 Å². The van der Waals surface area contributed by atoms with E-state index in [1.54, 1.807) is 0 Å². The summed E-state index contributed by atoms with van der Waals surface area (Å²) in [7, 11) is 0. The van der Waals surface area contributed by atoms with Crippen LogP contribution in [0.4, 0.5) is 0 Å². The molecule has 4 nitrogen and oxygen atoms in total. The molecule has 0 radical (unpaired) electrons. The van der Waals surface area contributed by atoms with E-state index in [4.69, 9.17) is 0 Å². The van der Waals surface area contributed by atoms with E-state index in [-0.39, 0.29) is 5.91 Å². The van der Waals surface area contributed by atoms with E-state index in [0.717, 1.165) is 20.5 Å². The van der Waals surface area contributed by atoms with Crippen LogP contribution in [-0.4, -0.2) is 15.3 Å². The summed E-state index contributed by atoms with van der Waals surface area (Å²) in [5.41, 5.74) is 6.98. The number of rotatable bonds is 5. The first-order valence-electron chi connectivity index (χ1n) is 9.66. The fourth-order valence-corrected chi connectivity index (χ4v) is 3.96. The first-order valence-corrected chi connectivity index (χ1v) is 10.7. The number of amides is 1. The molecule has 0 aliphatic heterocycles. The number of fused-ring (bicyclic) bond motifs is 1. The van der Waals surface area contributed by atoms with E-state index in [2.05, 4.69) is 82.3 Å². The molecule has 2 aromatic heterocycles. The molecule has 4 aromatic rings. The molecule has 146 valence electrons. The Kier molecular flexibility index (Phi) is 5.67. The number of pyridine rings is 1. The highest BCUT2D eigenvalue weighted by Gasteiger charge is 2.18. The molecular weight excluding hydrogens is 473 g/mol. The normalized spacial score (nSPS) is 11.0. The van der Waals surface area contributed by atoms with E-state index in [0.29, 0.717) is 18.7 Å². The molecule has 0 fully saturated rings. The van der Waals surface area contributed by atoms with Crippen molar-refractivity contribution in [3.8, 4) is 11.1 Å². The molecule has 1 amide bonds. The fraction of sp³-hybridized carbons (Fsp3) is 0.167. The van der Waals surface area contributed by atoms with Crippen LogP contribution in [0, 0.1) is 10.5 Å². The Morgan fingerprint density at radius 1 is 1.10 bits per heavy atom. The van der Waals surface area contributed by atoms with Crippen molar-refractivity contribution in [3.05, 3.63) is 92.9 Å². The average Bonchev–Trinajstić information content (AvgIpc) is 3.10. The molecule has 0 aliphatic rings. The molecule has 0 saturated heterocycles. The van der Waals surface area contributed by atoms with Crippen LogP contribution in [0.3, 0.4) is 0 Å². The van der Waals surface area contributed by atoms with Crippen LogP contribution >= 0.6 is 22.6 Å². The zero-order valence-corrected chi connectivity index (χ0v) is 18.6. The maximum absolute atomic E-state index is 12.9. The Morgan fingerprint density at radius 3 is 2.59 bits per heavy atom. The lowest BCUT2D eigenvalue weighted by molar-refractivity contribution is 0.0944. The summed E-state index contributed by atoms with van der Waals surface area (Å²) in [6, 6.07) is 20.7. The van der Waals surface area contributed by atoms with Gasteiger partial charge in [-0.15, -0.1) is 0 Å². The zero-order valence-electron chi connectivity index (χ0n) is 16.4. The van der Waals surface area contributed by atoms with Gasteiger partial charge in [0.15, 0.2) is 0 Å². The van der Waals surface area contributed by atoms with Crippen LogP contribution in [-0.2, 0) is 13.0 Å². The Hall–Kier alpha value is -2.67. The number of hydrogen-bond donors (Lipinski definition) is 1. The van der Waals surface area contributed by atoms with Crippen molar-refractivity contribution in [2.75, 3.05) is 0 Å². The highest BCUT2D eigenvalue weighted by atomic mass is 127. The van der Waals surface area contributed by atoms with Gasteiger partial charge in [-0.2, -0.15) is 0 Å². The molecule has 1 N–H and O–H groups in total. The number of aryl methyl sites for hydroxylation is 2. The molecule has 4 rings (SSSR count). The quantitative estimate of drug-likeness (QED) is 0.377. The number of imidazole rings is 1. The average molecular weight is 495 g/mol. The van der Waals surface area contributed by atoms with E-state index in [9.17, 15) is 4.79 Å². The van der Waals surface area contributed by atoms with E-state index in [1.165, 1.54) is 16.7 Å². The molecular formula is C24H22IN3O. The lowest BCUT2D eigenvalue weighted by atomic mass is 10.00. The number of benzene rings is 2. The molecule has 0 atom stereocenters. The van der Waals surface area contributed by atoms with Crippen LogP contribution in [0.5, 0.6) is 0 Å². The standard InChI is InChI=1S/C24H22IN3O/c1-3-21-23(28-13-12-19(25)14-22(28)27-21)24(29)26-15-17-8-10-18(11-9-17)20-7-5-4-6-16(20)2/h4-14H,3,15H2,1-2H3,(H,26,29).